The minimum Gasteiger partial charge on any atom is -0.375 e. The minimum atomic E-state index is -0.0815. The summed E-state index contributed by atoms with van der Waals surface area (Å²) in [5.74, 6) is 0.0687. The van der Waals surface area contributed by atoms with E-state index in [1.165, 1.54) is 0 Å². The van der Waals surface area contributed by atoms with E-state index in [9.17, 15) is 4.79 Å². The van der Waals surface area contributed by atoms with Crippen LogP contribution in [-0.4, -0.2) is 27.9 Å². The van der Waals surface area contributed by atoms with Crippen molar-refractivity contribution in [3.8, 4) is 0 Å². The second-order valence-electron chi connectivity index (χ2n) is 6.44. The Hall–Kier alpha value is -2.14. The fourth-order valence-electron chi connectivity index (χ4n) is 3.17. The molecule has 3 rings (SSSR count). The number of ether oxygens (including phenoxy) is 1. The Bertz CT molecular complexity index is 627. The fourth-order valence-corrected chi connectivity index (χ4v) is 3.17. The van der Waals surface area contributed by atoms with Gasteiger partial charge in [0.15, 0.2) is 0 Å². The number of hydrogen-bond donors (Lipinski definition) is 1. The zero-order valence-corrected chi connectivity index (χ0v) is 14.1. The zero-order chi connectivity index (χ0) is 16.8. The van der Waals surface area contributed by atoms with Crippen LogP contribution in [0, 0.1) is 0 Å². The van der Waals surface area contributed by atoms with Gasteiger partial charge in [0, 0.05) is 18.8 Å². The number of nitrogens with one attached hydrogen (secondary N) is 1. The third-order valence-electron chi connectivity index (χ3n) is 4.48. The van der Waals surface area contributed by atoms with Crippen molar-refractivity contribution >= 4 is 5.91 Å². The van der Waals surface area contributed by atoms with Gasteiger partial charge in [0.05, 0.1) is 24.8 Å². The Labute approximate surface area is 143 Å². The van der Waals surface area contributed by atoms with Crippen molar-refractivity contribution in [1.29, 1.82) is 0 Å². The summed E-state index contributed by atoms with van der Waals surface area (Å²) < 4.78 is 7.64. The molecule has 2 aromatic rings. The minimum absolute atomic E-state index is 0.0687. The predicted octanol–water partition coefficient (Wildman–Crippen LogP) is 3.09. The molecule has 1 saturated heterocycles. The summed E-state index contributed by atoms with van der Waals surface area (Å²) in [7, 11) is 0. The van der Waals surface area contributed by atoms with Crippen LogP contribution < -0.4 is 5.32 Å². The Balaban J connectivity index is 1.57. The summed E-state index contributed by atoms with van der Waals surface area (Å²) in [6, 6.07) is 11.8. The number of amides is 1. The molecule has 0 spiro atoms. The van der Waals surface area contributed by atoms with Gasteiger partial charge in [0.2, 0.25) is 5.91 Å². The first-order chi connectivity index (χ1) is 11.7. The Morgan fingerprint density at radius 2 is 2.17 bits per heavy atom. The van der Waals surface area contributed by atoms with Crippen LogP contribution in [0.1, 0.15) is 44.2 Å². The van der Waals surface area contributed by atoms with E-state index in [-0.39, 0.29) is 18.1 Å². The van der Waals surface area contributed by atoms with E-state index in [2.05, 4.69) is 17.3 Å². The lowest BCUT2D eigenvalue weighted by molar-refractivity contribution is -0.122. The van der Waals surface area contributed by atoms with Crippen molar-refractivity contribution < 1.29 is 9.53 Å². The average molecular weight is 327 g/mol. The molecule has 1 aliphatic heterocycles. The van der Waals surface area contributed by atoms with Gasteiger partial charge in [-0.2, -0.15) is 5.10 Å². The fraction of sp³-hybridized carbons (Fsp3) is 0.474. The van der Waals surface area contributed by atoms with E-state index >= 15 is 0 Å². The lowest BCUT2D eigenvalue weighted by atomic mass is 10.1. The standard InChI is InChI=1S/C19H25N3O2/c1-15-8-9-17(24-15)10-11-19(23)21-18(14-22-13-5-12-20-22)16-6-3-2-4-7-16/h2-7,12-13,15,17-18H,8-11,14H2,1H3,(H,21,23). The Morgan fingerprint density at radius 1 is 1.33 bits per heavy atom. The van der Waals surface area contributed by atoms with Crippen molar-refractivity contribution in [3.05, 3.63) is 54.4 Å². The van der Waals surface area contributed by atoms with Gasteiger partial charge >= 0.3 is 0 Å². The van der Waals surface area contributed by atoms with Crippen LogP contribution in [0.15, 0.2) is 48.8 Å². The normalized spacial score (nSPS) is 21.5. The van der Waals surface area contributed by atoms with Gasteiger partial charge in [0.1, 0.15) is 0 Å². The molecule has 0 radical (unpaired) electrons. The van der Waals surface area contributed by atoms with E-state index in [1.54, 1.807) is 6.20 Å². The number of rotatable bonds is 7. The van der Waals surface area contributed by atoms with Crippen LogP contribution in [0.5, 0.6) is 0 Å². The van der Waals surface area contributed by atoms with Crippen LogP contribution in [-0.2, 0) is 16.1 Å². The molecule has 24 heavy (non-hydrogen) atoms. The van der Waals surface area contributed by atoms with Crippen LogP contribution in [0.2, 0.25) is 0 Å². The second kappa shape index (κ2) is 8.11. The number of carbonyl (C=O) groups excluding carboxylic acids is 1. The van der Waals surface area contributed by atoms with Crippen molar-refractivity contribution in [2.75, 3.05) is 0 Å². The van der Waals surface area contributed by atoms with Crippen LogP contribution >= 0.6 is 0 Å². The number of hydrogen-bond acceptors (Lipinski definition) is 3. The van der Waals surface area contributed by atoms with Gasteiger partial charge in [0.25, 0.3) is 0 Å². The highest BCUT2D eigenvalue weighted by Gasteiger charge is 2.23. The molecule has 3 unspecified atom stereocenters. The van der Waals surface area contributed by atoms with E-state index in [4.69, 9.17) is 4.74 Å². The summed E-state index contributed by atoms with van der Waals surface area (Å²) >= 11 is 0. The molecule has 1 aromatic carbocycles. The molecule has 1 aliphatic rings. The van der Waals surface area contributed by atoms with Gasteiger partial charge in [-0.15, -0.1) is 0 Å². The third kappa shape index (κ3) is 4.68. The molecular formula is C19H25N3O2. The van der Waals surface area contributed by atoms with Crippen molar-refractivity contribution in [2.24, 2.45) is 0 Å². The lowest BCUT2D eigenvalue weighted by Crippen LogP contribution is -2.32. The molecule has 0 saturated carbocycles. The monoisotopic (exact) mass is 327 g/mol. The molecule has 1 N–H and O–H groups in total. The largest absolute Gasteiger partial charge is 0.375 e. The molecule has 2 heterocycles. The van der Waals surface area contributed by atoms with E-state index in [1.807, 2.05) is 47.3 Å². The first-order valence-corrected chi connectivity index (χ1v) is 8.68. The quantitative estimate of drug-likeness (QED) is 0.850. The number of carbonyl (C=O) groups is 1. The number of nitrogens with zero attached hydrogens (tertiary/aromatic N) is 2. The highest BCUT2D eigenvalue weighted by molar-refractivity contribution is 5.76. The molecule has 1 fully saturated rings. The summed E-state index contributed by atoms with van der Waals surface area (Å²) in [6.07, 6.45) is 7.67. The summed E-state index contributed by atoms with van der Waals surface area (Å²) in [4.78, 5) is 12.4. The molecule has 1 amide bonds. The smallest absolute Gasteiger partial charge is 0.220 e. The van der Waals surface area contributed by atoms with Gasteiger partial charge in [-0.3, -0.25) is 9.48 Å². The van der Waals surface area contributed by atoms with Crippen molar-refractivity contribution in [3.63, 3.8) is 0 Å². The van der Waals surface area contributed by atoms with Crippen molar-refractivity contribution in [2.45, 2.75) is 57.4 Å². The zero-order valence-electron chi connectivity index (χ0n) is 14.1. The summed E-state index contributed by atoms with van der Waals surface area (Å²) in [6.45, 7) is 2.72. The first kappa shape index (κ1) is 16.7. The summed E-state index contributed by atoms with van der Waals surface area (Å²) in [5.41, 5.74) is 1.09. The first-order valence-electron chi connectivity index (χ1n) is 8.68. The average Bonchev–Trinajstić information content (AvgIpc) is 3.25. The van der Waals surface area contributed by atoms with Crippen molar-refractivity contribution in [1.82, 2.24) is 15.1 Å². The molecule has 0 aliphatic carbocycles. The van der Waals surface area contributed by atoms with Gasteiger partial charge in [-0.1, -0.05) is 30.3 Å². The Kier molecular flexibility index (Phi) is 5.64. The highest BCUT2D eigenvalue weighted by atomic mass is 16.5. The number of aromatic nitrogens is 2. The molecule has 5 heteroatoms. The van der Waals surface area contributed by atoms with E-state index in [0.717, 1.165) is 24.8 Å². The topological polar surface area (TPSA) is 56.2 Å². The third-order valence-corrected chi connectivity index (χ3v) is 4.48. The molecule has 5 nitrogen and oxygen atoms in total. The van der Waals surface area contributed by atoms with Gasteiger partial charge < -0.3 is 10.1 Å². The highest BCUT2D eigenvalue weighted by Crippen LogP contribution is 2.23. The molecule has 1 aromatic heterocycles. The van der Waals surface area contributed by atoms with Gasteiger partial charge in [-0.05, 0) is 37.8 Å². The lowest BCUT2D eigenvalue weighted by Gasteiger charge is -2.20. The summed E-state index contributed by atoms with van der Waals surface area (Å²) in [5, 5.41) is 7.40. The molecule has 128 valence electrons. The number of benzene rings is 1. The second-order valence-corrected chi connectivity index (χ2v) is 6.44. The van der Waals surface area contributed by atoms with Gasteiger partial charge in [-0.25, -0.2) is 0 Å². The molecule has 0 bridgehead atoms. The van der Waals surface area contributed by atoms with E-state index < -0.39 is 0 Å². The maximum absolute atomic E-state index is 12.4. The maximum atomic E-state index is 12.4. The van der Waals surface area contributed by atoms with E-state index in [0.29, 0.717) is 19.1 Å². The van der Waals surface area contributed by atoms with Crippen LogP contribution in [0.25, 0.3) is 0 Å². The predicted molar refractivity (Wildman–Crippen MR) is 92.4 cm³/mol. The molecule has 3 atom stereocenters. The van der Waals surface area contributed by atoms with Crippen LogP contribution in [0.4, 0.5) is 0 Å². The Morgan fingerprint density at radius 3 is 2.83 bits per heavy atom. The maximum Gasteiger partial charge on any atom is 0.220 e. The SMILES string of the molecule is CC1CCC(CCC(=O)NC(Cn2cccn2)c2ccccc2)O1. The molecular weight excluding hydrogens is 302 g/mol. The van der Waals surface area contributed by atoms with Crippen LogP contribution in [0.3, 0.4) is 0 Å².